The van der Waals surface area contributed by atoms with Gasteiger partial charge in [-0.15, -0.1) is 10.2 Å². The second kappa shape index (κ2) is 6.42. The van der Waals surface area contributed by atoms with Gasteiger partial charge in [-0.3, -0.25) is 9.69 Å². The second-order valence-corrected chi connectivity index (χ2v) is 7.52. The number of carbonyl (C=O) groups is 1. The number of hydrogen-bond donors (Lipinski definition) is 0. The summed E-state index contributed by atoms with van der Waals surface area (Å²) in [6.07, 6.45) is 0.929. The molecule has 1 atom stereocenters. The van der Waals surface area contributed by atoms with E-state index in [1.54, 1.807) is 0 Å². The van der Waals surface area contributed by atoms with Crippen molar-refractivity contribution in [2.45, 2.75) is 32.5 Å². The highest BCUT2D eigenvalue weighted by Crippen LogP contribution is 2.27. The molecule has 0 saturated carbocycles. The van der Waals surface area contributed by atoms with Crippen molar-refractivity contribution in [1.29, 1.82) is 0 Å². The van der Waals surface area contributed by atoms with Gasteiger partial charge in [-0.1, -0.05) is 29.8 Å². The van der Waals surface area contributed by atoms with E-state index in [0.29, 0.717) is 19.0 Å². The first-order chi connectivity index (χ1) is 12.0. The fourth-order valence-electron chi connectivity index (χ4n) is 3.76. The average molecular weight is 360 g/mol. The topological polar surface area (TPSA) is 54.3 Å². The lowest BCUT2D eigenvalue weighted by atomic mass is 9.91. The van der Waals surface area contributed by atoms with Crippen LogP contribution in [0.1, 0.15) is 17.2 Å². The van der Waals surface area contributed by atoms with Gasteiger partial charge >= 0.3 is 0 Å². The highest BCUT2D eigenvalue weighted by atomic mass is 35.5. The lowest BCUT2D eigenvalue weighted by molar-refractivity contribution is -0.144. The van der Waals surface area contributed by atoms with Crippen molar-refractivity contribution in [3.63, 3.8) is 0 Å². The minimum atomic E-state index is -0.136. The summed E-state index contributed by atoms with van der Waals surface area (Å²) in [6.45, 7) is 4.85. The maximum atomic E-state index is 12.9. The normalized spacial score (nSPS) is 21.1. The van der Waals surface area contributed by atoms with Gasteiger partial charge in [0.1, 0.15) is 17.7 Å². The van der Waals surface area contributed by atoms with Gasteiger partial charge in [0.25, 0.3) is 0 Å². The predicted octanol–water partition coefficient (Wildman–Crippen LogP) is 1.76. The summed E-state index contributed by atoms with van der Waals surface area (Å²) in [5, 5.41) is 9.12. The number of carbonyl (C=O) groups excluding carboxylic acids is 1. The predicted molar refractivity (Wildman–Crippen MR) is 95.2 cm³/mol. The van der Waals surface area contributed by atoms with Crippen molar-refractivity contribution in [2.75, 3.05) is 20.1 Å². The zero-order valence-corrected chi connectivity index (χ0v) is 15.3. The van der Waals surface area contributed by atoms with Crippen molar-refractivity contribution in [1.82, 2.24) is 24.6 Å². The van der Waals surface area contributed by atoms with Crippen molar-refractivity contribution < 1.29 is 4.79 Å². The van der Waals surface area contributed by atoms with E-state index in [4.69, 9.17) is 11.6 Å². The van der Waals surface area contributed by atoms with Crippen LogP contribution in [-0.4, -0.2) is 56.7 Å². The van der Waals surface area contributed by atoms with Gasteiger partial charge in [0.2, 0.25) is 5.91 Å². The number of rotatable bonds is 3. The summed E-state index contributed by atoms with van der Waals surface area (Å²) in [4.78, 5) is 16.9. The minimum absolute atomic E-state index is 0.136. The maximum Gasteiger partial charge on any atom is 0.241 e. The molecule has 1 saturated heterocycles. The lowest BCUT2D eigenvalue weighted by Crippen LogP contribution is -2.58. The molecule has 4 rings (SSSR count). The molecule has 0 spiro atoms. The number of benzene rings is 1. The van der Waals surface area contributed by atoms with Gasteiger partial charge in [-0.05, 0) is 37.9 Å². The van der Waals surface area contributed by atoms with Gasteiger partial charge in [0, 0.05) is 18.1 Å². The Morgan fingerprint density at radius 2 is 2.00 bits per heavy atom. The number of aromatic nitrogens is 3. The Morgan fingerprint density at radius 1 is 1.24 bits per heavy atom. The first kappa shape index (κ1) is 16.5. The number of fused-ring (bicyclic) bond motifs is 1. The molecule has 1 aromatic heterocycles. The van der Waals surface area contributed by atoms with Crippen molar-refractivity contribution >= 4 is 17.5 Å². The Bertz CT molecular complexity index is 799. The van der Waals surface area contributed by atoms with Gasteiger partial charge < -0.3 is 9.47 Å². The van der Waals surface area contributed by atoms with E-state index in [9.17, 15) is 4.79 Å². The third-order valence-corrected chi connectivity index (χ3v) is 5.68. The standard InChI is InChI=1S/C18H22ClN5O/c1-12-20-21-17-11-22(2)16(10-24(12)17)18(25)23-8-13(9-23)7-14-5-3-4-6-15(14)19/h3-6,13,16H,7-11H2,1-2H3. The molecule has 2 aliphatic rings. The van der Waals surface area contributed by atoms with E-state index < -0.39 is 0 Å². The van der Waals surface area contributed by atoms with Crippen LogP contribution in [0.4, 0.5) is 0 Å². The highest BCUT2D eigenvalue weighted by molar-refractivity contribution is 6.31. The van der Waals surface area contributed by atoms with Gasteiger partial charge in [-0.2, -0.15) is 0 Å². The van der Waals surface area contributed by atoms with Crippen LogP contribution in [0.15, 0.2) is 24.3 Å². The van der Waals surface area contributed by atoms with Crippen LogP contribution in [0.2, 0.25) is 5.02 Å². The lowest BCUT2D eigenvalue weighted by Gasteiger charge is -2.43. The summed E-state index contributed by atoms with van der Waals surface area (Å²) in [5.41, 5.74) is 1.17. The molecule has 3 heterocycles. The summed E-state index contributed by atoms with van der Waals surface area (Å²) < 4.78 is 2.06. The molecule has 2 aromatic rings. The molecule has 0 bridgehead atoms. The molecule has 6 nitrogen and oxygen atoms in total. The first-order valence-electron chi connectivity index (χ1n) is 8.64. The molecular weight excluding hydrogens is 338 g/mol. The van der Waals surface area contributed by atoms with Gasteiger partial charge in [-0.25, -0.2) is 0 Å². The third-order valence-electron chi connectivity index (χ3n) is 5.31. The van der Waals surface area contributed by atoms with Crippen LogP contribution in [0.3, 0.4) is 0 Å². The zero-order valence-electron chi connectivity index (χ0n) is 14.5. The minimum Gasteiger partial charge on any atom is -0.341 e. The number of likely N-dealkylation sites (N-methyl/N-ethyl adjacent to an activating group) is 1. The summed E-state index contributed by atoms with van der Waals surface area (Å²) >= 11 is 6.24. The first-order valence-corrected chi connectivity index (χ1v) is 9.02. The summed E-state index contributed by atoms with van der Waals surface area (Å²) in [7, 11) is 1.98. The molecular formula is C18H22ClN5O. The molecule has 1 fully saturated rings. The summed E-state index contributed by atoms with van der Waals surface area (Å²) in [6, 6.07) is 7.82. The van der Waals surface area contributed by atoms with Gasteiger partial charge in [0.15, 0.2) is 0 Å². The van der Waals surface area contributed by atoms with E-state index in [0.717, 1.165) is 36.2 Å². The van der Waals surface area contributed by atoms with Crippen molar-refractivity contribution in [3.8, 4) is 0 Å². The molecule has 2 aliphatic heterocycles. The number of hydrogen-bond acceptors (Lipinski definition) is 4. The Labute approximate surface area is 152 Å². The van der Waals surface area contributed by atoms with Crippen molar-refractivity contribution in [2.24, 2.45) is 5.92 Å². The second-order valence-electron chi connectivity index (χ2n) is 7.11. The number of amides is 1. The van der Waals surface area contributed by atoms with E-state index in [1.165, 1.54) is 5.56 Å². The largest absolute Gasteiger partial charge is 0.341 e. The average Bonchev–Trinajstić information content (AvgIpc) is 2.91. The third kappa shape index (κ3) is 3.04. The number of halogens is 1. The van der Waals surface area contributed by atoms with E-state index in [-0.39, 0.29) is 11.9 Å². The fourth-order valence-corrected chi connectivity index (χ4v) is 3.97. The smallest absolute Gasteiger partial charge is 0.241 e. The Kier molecular flexibility index (Phi) is 4.25. The zero-order chi connectivity index (χ0) is 17.6. The van der Waals surface area contributed by atoms with E-state index >= 15 is 0 Å². The van der Waals surface area contributed by atoms with Crippen molar-refractivity contribution in [3.05, 3.63) is 46.5 Å². The maximum absolute atomic E-state index is 12.9. The number of nitrogens with zero attached hydrogens (tertiary/aromatic N) is 5. The van der Waals surface area contributed by atoms with Gasteiger partial charge in [0.05, 0.1) is 13.1 Å². The van der Waals surface area contributed by atoms with Crippen LogP contribution in [-0.2, 0) is 24.3 Å². The molecule has 1 aromatic carbocycles. The highest BCUT2D eigenvalue weighted by Gasteiger charge is 2.38. The molecule has 1 unspecified atom stereocenters. The molecule has 0 N–H and O–H groups in total. The number of likely N-dealkylation sites (tertiary alicyclic amines) is 1. The molecule has 132 valence electrons. The van der Waals surface area contributed by atoms with Crippen LogP contribution in [0.25, 0.3) is 0 Å². The fraction of sp³-hybridized carbons (Fsp3) is 0.500. The molecule has 25 heavy (non-hydrogen) atoms. The Hall–Kier alpha value is -1.92. The van der Waals surface area contributed by atoms with Crippen LogP contribution in [0, 0.1) is 12.8 Å². The van der Waals surface area contributed by atoms with E-state index in [2.05, 4.69) is 25.7 Å². The van der Waals surface area contributed by atoms with Crippen LogP contribution in [0.5, 0.6) is 0 Å². The van der Waals surface area contributed by atoms with Crippen LogP contribution >= 0.6 is 11.6 Å². The quantitative estimate of drug-likeness (QED) is 0.838. The molecule has 0 radical (unpaired) electrons. The SMILES string of the molecule is Cc1nnc2n1CC(C(=O)N1CC(Cc3ccccc3Cl)C1)N(C)C2. The van der Waals surface area contributed by atoms with E-state index in [1.807, 2.05) is 37.1 Å². The summed E-state index contributed by atoms with van der Waals surface area (Å²) in [5.74, 6) is 2.51. The molecule has 0 aliphatic carbocycles. The molecule has 7 heteroatoms. The Balaban J connectivity index is 1.37. The van der Waals surface area contributed by atoms with Crippen LogP contribution < -0.4 is 0 Å². The molecule has 1 amide bonds. The number of aryl methyl sites for hydroxylation is 1. The monoisotopic (exact) mass is 359 g/mol. The Morgan fingerprint density at radius 3 is 2.76 bits per heavy atom.